The zero-order chi connectivity index (χ0) is 13.7. The highest BCUT2D eigenvalue weighted by molar-refractivity contribution is 5.40. The zero-order valence-corrected chi connectivity index (χ0v) is 12.4. The first-order chi connectivity index (χ1) is 9.20. The van der Waals surface area contributed by atoms with Gasteiger partial charge in [0.2, 0.25) is 0 Å². The van der Waals surface area contributed by atoms with Crippen molar-refractivity contribution in [2.45, 2.75) is 57.9 Å². The summed E-state index contributed by atoms with van der Waals surface area (Å²) in [6.45, 7) is 7.14. The van der Waals surface area contributed by atoms with Gasteiger partial charge in [0.05, 0.1) is 0 Å². The SMILES string of the molecule is CCCCN(CCC(C)c1ccc(N)cc1)C1CC1. The highest BCUT2D eigenvalue weighted by Gasteiger charge is 2.28. The molecule has 1 aromatic rings. The minimum atomic E-state index is 0.628. The van der Waals surface area contributed by atoms with Crippen LogP contribution in [0.1, 0.15) is 57.4 Å². The van der Waals surface area contributed by atoms with Gasteiger partial charge in [-0.3, -0.25) is 0 Å². The van der Waals surface area contributed by atoms with E-state index in [0.717, 1.165) is 11.7 Å². The number of rotatable bonds is 8. The maximum absolute atomic E-state index is 5.74. The van der Waals surface area contributed by atoms with Crippen LogP contribution < -0.4 is 5.73 Å². The van der Waals surface area contributed by atoms with Crippen LogP contribution in [0.25, 0.3) is 0 Å². The lowest BCUT2D eigenvalue weighted by molar-refractivity contribution is 0.250. The second-order valence-electron chi connectivity index (χ2n) is 5.98. The molecule has 2 heteroatoms. The minimum absolute atomic E-state index is 0.628. The average molecular weight is 260 g/mol. The van der Waals surface area contributed by atoms with E-state index in [9.17, 15) is 0 Å². The van der Waals surface area contributed by atoms with Crippen molar-refractivity contribution in [1.82, 2.24) is 4.90 Å². The molecule has 0 radical (unpaired) electrons. The van der Waals surface area contributed by atoms with E-state index in [0.29, 0.717) is 5.92 Å². The molecule has 0 aliphatic heterocycles. The van der Waals surface area contributed by atoms with Crippen molar-refractivity contribution in [3.05, 3.63) is 29.8 Å². The van der Waals surface area contributed by atoms with Crippen LogP contribution in [0.2, 0.25) is 0 Å². The Balaban J connectivity index is 1.80. The van der Waals surface area contributed by atoms with Crippen LogP contribution in [-0.2, 0) is 0 Å². The molecule has 1 unspecified atom stereocenters. The standard InChI is InChI=1S/C17H28N2/c1-3-4-12-19(17-9-10-17)13-11-14(2)15-5-7-16(18)8-6-15/h5-8,14,17H,3-4,9-13,18H2,1-2H3. The molecule has 1 saturated carbocycles. The van der Waals surface area contributed by atoms with Crippen molar-refractivity contribution < 1.29 is 0 Å². The molecule has 106 valence electrons. The Labute approximate surface area is 118 Å². The summed E-state index contributed by atoms with van der Waals surface area (Å²) in [4.78, 5) is 2.71. The molecular weight excluding hydrogens is 232 g/mol. The smallest absolute Gasteiger partial charge is 0.0314 e. The Hall–Kier alpha value is -1.02. The molecular formula is C17H28N2. The number of benzene rings is 1. The lowest BCUT2D eigenvalue weighted by Gasteiger charge is -2.23. The fraction of sp³-hybridized carbons (Fsp3) is 0.647. The van der Waals surface area contributed by atoms with Gasteiger partial charge in [0.25, 0.3) is 0 Å². The second kappa shape index (κ2) is 6.95. The minimum Gasteiger partial charge on any atom is -0.399 e. The molecule has 1 atom stereocenters. The highest BCUT2D eigenvalue weighted by Crippen LogP contribution is 2.29. The number of nitrogens with zero attached hydrogens (tertiary/aromatic N) is 1. The molecule has 0 amide bonds. The van der Waals surface area contributed by atoms with Gasteiger partial charge in [-0.25, -0.2) is 0 Å². The molecule has 2 N–H and O–H groups in total. The Kier molecular flexibility index (Phi) is 5.26. The average Bonchev–Trinajstić information content (AvgIpc) is 3.24. The van der Waals surface area contributed by atoms with Crippen LogP contribution >= 0.6 is 0 Å². The maximum atomic E-state index is 5.74. The third kappa shape index (κ3) is 4.54. The second-order valence-corrected chi connectivity index (χ2v) is 5.98. The van der Waals surface area contributed by atoms with E-state index < -0.39 is 0 Å². The molecule has 19 heavy (non-hydrogen) atoms. The van der Waals surface area contributed by atoms with Crippen LogP contribution in [0.4, 0.5) is 5.69 Å². The van der Waals surface area contributed by atoms with Gasteiger partial charge in [-0.15, -0.1) is 0 Å². The predicted molar refractivity (Wildman–Crippen MR) is 83.4 cm³/mol. The summed E-state index contributed by atoms with van der Waals surface area (Å²) >= 11 is 0. The molecule has 1 aliphatic carbocycles. The normalized spacial score (nSPS) is 16.8. The van der Waals surface area contributed by atoms with Crippen molar-refractivity contribution in [2.24, 2.45) is 0 Å². The fourth-order valence-corrected chi connectivity index (χ4v) is 2.63. The fourth-order valence-electron chi connectivity index (χ4n) is 2.63. The van der Waals surface area contributed by atoms with Crippen LogP contribution in [0.3, 0.4) is 0 Å². The first-order valence-electron chi connectivity index (χ1n) is 7.80. The summed E-state index contributed by atoms with van der Waals surface area (Å²) in [5.41, 5.74) is 8.02. The van der Waals surface area contributed by atoms with Gasteiger partial charge in [0.15, 0.2) is 0 Å². The van der Waals surface area contributed by atoms with Gasteiger partial charge < -0.3 is 10.6 Å². The largest absolute Gasteiger partial charge is 0.399 e. The van der Waals surface area contributed by atoms with Gasteiger partial charge in [-0.1, -0.05) is 32.4 Å². The van der Waals surface area contributed by atoms with Gasteiger partial charge in [-0.2, -0.15) is 0 Å². The number of nitrogen functional groups attached to an aromatic ring is 1. The Morgan fingerprint density at radius 2 is 1.89 bits per heavy atom. The van der Waals surface area contributed by atoms with Crippen LogP contribution in [0.5, 0.6) is 0 Å². The van der Waals surface area contributed by atoms with Gasteiger partial charge in [0.1, 0.15) is 0 Å². The number of hydrogen-bond acceptors (Lipinski definition) is 2. The van der Waals surface area contributed by atoms with Crippen LogP contribution in [-0.4, -0.2) is 24.0 Å². The molecule has 2 rings (SSSR count). The van der Waals surface area contributed by atoms with Crippen LogP contribution in [0.15, 0.2) is 24.3 Å². The summed E-state index contributed by atoms with van der Waals surface area (Å²) in [6.07, 6.45) is 6.73. The molecule has 0 bridgehead atoms. The van der Waals surface area contributed by atoms with Gasteiger partial charge in [-0.05, 0) is 62.4 Å². The molecule has 1 fully saturated rings. The monoisotopic (exact) mass is 260 g/mol. The van der Waals surface area contributed by atoms with E-state index in [-0.39, 0.29) is 0 Å². The first kappa shape index (κ1) is 14.4. The van der Waals surface area contributed by atoms with E-state index in [2.05, 4.69) is 30.9 Å². The van der Waals surface area contributed by atoms with Crippen LogP contribution in [0, 0.1) is 0 Å². The summed E-state index contributed by atoms with van der Waals surface area (Å²) in [5, 5.41) is 0. The highest BCUT2D eigenvalue weighted by atomic mass is 15.2. The Morgan fingerprint density at radius 3 is 2.47 bits per heavy atom. The summed E-state index contributed by atoms with van der Waals surface area (Å²) in [6, 6.07) is 9.27. The summed E-state index contributed by atoms with van der Waals surface area (Å²) in [5.74, 6) is 0.628. The van der Waals surface area contributed by atoms with Crippen molar-refractivity contribution in [1.29, 1.82) is 0 Å². The first-order valence-corrected chi connectivity index (χ1v) is 7.80. The molecule has 0 spiro atoms. The van der Waals surface area contributed by atoms with E-state index in [1.807, 2.05) is 12.1 Å². The lowest BCUT2D eigenvalue weighted by Crippen LogP contribution is -2.29. The van der Waals surface area contributed by atoms with E-state index in [1.54, 1.807) is 0 Å². The quantitative estimate of drug-likeness (QED) is 0.715. The number of anilines is 1. The number of nitrogens with two attached hydrogens (primary N) is 1. The Bertz CT molecular complexity index is 367. The van der Waals surface area contributed by atoms with E-state index >= 15 is 0 Å². The van der Waals surface area contributed by atoms with E-state index in [1.165, 1.54) is 50.8 Å². The summed E-state index contributed by atoms with van der Waals surface area (Å²) in [7, 11) is 0. The van der Waals surface area contributed by atoms with Crippen molar-refractivity contribution in [3.63, 3.8) is 0 Å². The predicted octanol–water partition coefficient (Wildman–Crippen LogP) is 4.03. The van der Waals surface area contributed by atoms with Crippen molar-refractivity contribution in [2.75, 3.05) is 18.8 Å². The molecule has 1 aliphatic rings. The van der Waals surface area contributed by atoms with Gasteiger partial charge >= 0.3 is 0 Å². The zero-order valence-electron chi connectivity index (χ0n) is 12.4. The lowest BCUT2D eigenvalue weighted by atomic mass is 9.97. The molecule has 0 heterocycles. The van der Waals surface area contributed by atoms with Crippen molar-refractivity contribution in [3.8, 4) is 0 Å². The third-order valence-electron chi connectivity index (χ3n) is 4.22. The van der Waals surface area contributed by atoms with Crippen molar-refractivity contribution >= 4 is 5.69 Å². The third-order valence-corrected chi connectivity index (χ3v) is 4.22. The Morgan fingerprint density at radius 1 is 1.21 bits per heavy atom. The van der Waals surface area contributed by atoms with E-state index in [4.69, 9.17) is 5.73 Å². The maximum Gasteiger partial charge on any atom is 0.0314 e. The topological polar surface area (TPSA) is 29.3 Å². The number of unbranched alkanes of at least 4 members (excludes halogenated alkanes) is 1. The molecule has 0 saturated heterocycles. The molecule has 1 aromatic carbocycles. The van der Waals surface area contributed by atoms with Gasteiger partial charge in [0, 0.05) is 11.7 Å². The summed E-state index contributed by atoms with van der Waals surface area (Å²) < 4.78 is 0. The number of hydrogen-bond donors (Lipinski definition) is 1. The molecule has 2 nitrogen and oxygen atoms in total. The molecule has 0 aromatic heterocycles.